The molecule has 7 heteroatoms. The summed E-state index contributed by atoms with van der Waals surface area (Å²) in [5.41, 5.74) is 11.9. The van der Waals surface area contributed by atoms with Gasteiger partial charge in [-0.2, -0.15) is 0 Å². The van der Waals surface area contributed by atoms with E-state index in [0.717, 1.165) is 28.9 Å². The van der Waals surface area contributed by atoms with Gasteiger partial charge in [-0.1, -0.05) is 48.0 Å². The molecule has 0 radical (unpaired) electrons. The molecule has 3 aromatic carbocycles. The highest BCUT2D eigenvalue weighted by molar-refractivity contribution is 6.38. The Kier molecular flexibility index (Phi) is 7.01. The Hall–Kier alpha value is -3.61. The maximum Gasteiger partial charge on any atom is 0.258 e. The molecule has 174 valence electrons. The van der Waals surface area contributed by atoms with Crippen LogP contribution in [-0.2, 0) is 22.6 Å². The van der Waals surface area contributed by atoms with E-state index in [2.05, 4.69) is 27.7 Å². The van der Waals surface area contributed by atoms with E-state index in [-0.39, 0.29) is 18.2 Å². The number of fused-ring (bicyclic) bond motifs is 1. The first-order chi connectivity index (χ1) is 16.3. The lowest BCUT2D eigenvalue weighted by Crippen LogP contribution is -2.12. The second-order valence-corrected chi connectivity index (χ2v) is 9.06. The van der Waals surface area contributed by atoms with Crippen LogP contribution in [0.15, 0.2) is 66.7 Å². The lowest BCUT2D eigenvalue weighted by molar-refractivity contribution is -0.118. The number of nitrogens with two attached hydrogens (primary N) is 1. The minimum atomic E-state index is -0.346. The van der Waals surface area contributed by atoms with Crippen molar-refractivity contribution in [2.45, 2.75) is 19.4 Å². The fraction of sp³-hybridized carbons (Fsp3) is 0.185. The lowest BCUT2D eigenvalue weighted by atomic mass is 9.97. The smallest absolute Gasteiger partial charge is 0.258 e. The standard InChI is InChI=1S/C27H27ClN4O2/c1-32(2)16-18-6-10-21(11-7-18)30-26(19-5-3-4-17(14-19)8-13-24(29)33)25-22-12-9-20(28)15-23(22)31-27(25)34/h3-7,9-12,14-15,30H,8,13,16H2,1-2H3,(H2,29,33)(H,31,34)/b26-25-. The van der Waals surface area contributed by atoms with Gasteiger partial charge < -0.3 is 21.3 Å². The van der Waals surface area contributed by atoms with E-state index < -0.39 is 0 Å². The van der Waals surface area contributed by atoms with Gasteiger partial charge >= 0.3 is 0 Å². The van der Waals surface area contributed by atoms with E-state index in [0.29, 0.717) is 28.4 Å². The van der Waals surface area contributed by atoms with E-state index >= 15 is 0 Å². The Bertz CT molecular complexity index is 1270. The van der Waals surface area contributed by atoms with Crippen molar-refractivity contribution in [3.63, 3.8) is 0 Å². The number of hydrogen-bond acceptors (Lipinski definition) is 4. The summed E-state index contributed by atoms with van der Waals surface area (Å²) < 4.78 is 0. The summed E-state index contributed by atoms with van der Waals surface area (Å²) in [4.78, 5) is 26.5. The molecule has 34 heavy (non-hydrogen) atoms. The number of nitrogens with one attached hydrogen (secondary N) is 2. The molecule has 0 fully saturated rings. The predicted octanol–water partition coefficient (Wildman–Crippen LogP) is 4.75. The zero-order valence-corrected chi connectivity index (χ0v) is 19.9. The molecule has 4 N–H and O–H groups in total. The lowest BCUT2D eigenvalue weighted by Gasteiger charge is -2.16. The second kappa shape index (κ2) is 10.1. The van der Waals surface area contributed by atoms with Crippen molar-refractivity contribution in [3.8, 4) is 0 Å². The van der Waals surface area contributed by atoms with Crippen LogP contribution in [0.2, 0.25) is 5.02 Å². The van der Waals surface area contributed by atoms with Gasteiger partial charge in [0.25, 0.3) is 5.91 Å². The van der Waals surface area contributed by atoms with E-state index in [1.807, 2.05) is 56.6 Å². The summed E-state index contributed by atoms with van der Waals surface area (Å²) in [5.74, 6) is -0.549. The van der Waals surface area contributed by atoms with E-state index in [9.17, 15) is 9.59 Å². The molecule has 0 atom stereocenters. The van der Waals surface area contributed by atoms with Crippen LogP contribution in [0.5, 0.6) is 0 Å². The highest BCUT2D eigenvalue weighted by atomic mass is 35.5. The number of primary amides is 1. The first-order valence-electron chi connectivity index (χ1n) is 11.0. The zero-order valence-electron chi connectivity index (χ0n) is 19.2. The third kappa shape index (κ3) is 5.47. The Labute approximate surface area is 204 Å². The van der Waals surface area contributed by atoms with Crippen LogP contribution in [0, 0.1) is 0 Å². The molecule has 4 rings (SSSR count). The summed E-state index contributed by atoms with van der Waals surface area (Å²) >= 11 is 6.15. The molecular formula is C27H27ClN4O2. The van der Waals surface area contributed by atoms with E-state index in [1.54, 1.807) is 12.1 Å². The summed E-state index contributed by atoms with van der Waals surface area (Å²) in [6, 6.07) is 21.3. The fourth-order valence-corrected chi connectivity index (χ4v) is 4.20. The van der Waals surface area contributed by atoms with Crippen molar-refractivity contribution in [1.82, 2.24) is 4.90 Å². The van der Waals surface area contributed by atoms with Crippen LogP contribution >= 0.6 is 11.6 Å². The number of hydrogen-bond donors (Lipinski definition) is 3. The molecule has 0 aliphatic carbocycles. The van der Waals surface area contributed by atoms with Crippen LogP contribution in [0.4, 0.5) is 11.4 Å². The third-order valence-corrected chi connectivity index (χ3v) is 5.81. The van der Waals surface area contributed by atoms with Crippen LogP contribution in [0.3, 0.4) is 0 Å². The molecule has 0 aromatic heterocycles. The molecule has 1 aliphatic rings. The number of anilines is 2. The monoisotopic (exact) mass is 474 g/mol. The van der Waals surface area contributed by atoms with Crippen LogP contribution in [-0.4, -0.2) is 30.8 Å². The number of amides is 2. The SMILES string of the molecule is CN(C)Cc1ccc(N/C(=C2\C(=O)Nc3cc(Cl)ccc32)c2cccc(CCC(N)=O)c2)cc1. The third-order valence-electron chi connectivity index (χ3n) is 5.57. The van der Waals surface area contributed by atoms with Crippen molar-refractivity contribution < 1.29 is 9.59 Å². The summed E-state index contributed by atoms with van der Waals surface area (Å²) in [6.45, 7) is 0.840. The number of rotatable bonds is 8. The minimum absolute atomic E-state index is 0.202. The molecule has 6 nitrogen and oxygen atoms in total. The number of carbonyl (C=O) groups excluding carboxylic acids is 2. The Morgan fingerprint density at radius 2 is 1.79 bits per heavy atom. The van der Waals surface area contributed by atoms with Gasteiger partial charge in [0.15, 0.2) is 0 Å². The maximum absolute atomic E-state index is 13.1. The van der Waals surface area contributed by atoms with Gasteiger partial charge in [-0.05, 0) is 67.5 Å². The van der Waals surface area contributed by atoms with Gasteiger partial charge in [-0.3, -0.25) is 9.59 Å². The molecular weight excluding hydrogens is 448 g/mol. The summed E-state index contributed by atoms with van der Waals surface area (Å²) in [7, 11) is 4.06. The molecule has 0 spiro atoms. The normalized spacial score (nSPS) is 14.1. The number of carbonyl (C=O) groups is 2. The quantitative estimate of drug-likeness (QED) is 0.411. The highest BCUT2D eigenvalue weighted by Gasteiger charge is 2.28. The topological polar surface area (TPSA) is 87.5 Å². The number of halogens is 1. The summed E-state index contributed by atoms with van der Waals surface area (Å²) in [6.07, 6.45) is 0.793. The Morgan fingerprint density at radius 1 is 1.03 bits per heavy atom. The zero-order chi connectivity index (χ0) is 24.2. The molecule has 3 aromatic rings. The van der Waals surface area contributed by atoms with Gasteiger partial charge in [0.05, 0.1) is 17.0 Å². The molecule has 1 heterocycles. The number of aryl methyl sites for hydroxylation is 1. The molecule has 0 bridgehead atoms. The van der Waals surface area contributed by atoms with Crippen LogP contribution < -0.4 is 16.4 Å². The number of benzene rings is 3. The highest BCUT2D eigenvalue weighted by Crippen LogP contribution is 2.39. The summed E-state index contributed by atoms with van der Waals surface area (Å²) in [5, 5.41) is 6.95. The molecule has 1 aliphatic heterocycles. The van der Waals surface area contributed by atoms with Crippen molar-refractivity contribution in [1.29, 1.82) is 0 Å². The molecule has 0 saturated heterocycles. The maximum atomic E-state index is 13.1. The molecule has 0 unspecified atom stereocenters. The fourth-order valence-electron chi connectivity index (χ4n) is 4.03. The average molecular weight is 475 g/mol. The van der Waals surface area contributed by atoms with Gasteiger partial charge in [-0.15, -0.1) is 0 Å². The van der Waals surface area contributed by atoms with E-state index in [4.69, 9.17) is 17.3 Å². The number of nitrogens with zero attached hydrogens (tertiary/aromatic N) is 1. The van der Waals surface area contributed by atoms with Crippen LogP contribution in [0.1, 0.15) is 28.7 Å². The first kappa shape index (κ1) is 23.5. The average Bonchev–Trinajstić information content (AvgIpc) is 3.11. The van der Waals surface area contributed by atoms with Gasteiger partial charge in [0.2, 0.25) is 5.91 Å². The van der Waals surface area contributed by atoms with Crippen LogP contribution in [0.25, 0.3) is 11.3 Å². The van der Waals surface area contributed by atoms with Gasteiger partial charge in [0, 0.05) is 29.2 Å². The second-order valence-electron chi connectivity index (χ2n) is 8.62. The predicted molar refractivity (Wildman–Crippen MR) is 138 cm³/mol. The van der Waals surface area contributed by atoms with Gasteiger partial charge in [-0.25, -0.2) is 0 Å². The Balaban J connectivity index is 1.78. The minimum Gasteiger partial charge on any atom is -0.370 e. The van der Waals surface area contributed by atoms with Crippen molar-refractivity contribution in [3.05, 3.63) is 94.0 Å². The Morgan fingerprint density at radius 3 is 2.50 bits per heavy atom. The van der Waals surface area contributed by atoms with E-state index in [1.165, 1.54) is 5.56 Å². The van der Waals surface area contributed by atoms with Gasteiger partial charge in [0.1, 0.15) is 0 Å². The van der Waals surface area contributed by atoms with Crippen molar-refractivity contribution >= 4 is 46.1 Å². The molecule has 2 amide bonds. The largest absolute Gasteiger partial charge is 0.370 e. The first-order valence-corrected chi connectivity index (χ1v) is 11.4. The molecule has 0 saturated carbocycles. The van der Waals surface area contributed by atoms with Crippen molar-refractivity contribution in [2.24, 2.45) is 5.73 Å². The van der Waals surface area contributed by atoms with Crippen molar-refractivity contribution in [2.75, 3.05) is 24.7 Å².